The summed E-state index contributed by atoms with van der Waals surface area (Å²) in [6, 6.07) is 0.156. The number of carbonyl (C=O) groups is 1. The van der Waals surface area contributed by atoms with Crippen LogP contribution in [-0.4, -0.2) is 23.2 Å². The van der Waals surface area contributed by atoms with E-state index in [1.165, 1.54) is 38.5 Å². The van der Waals surface area contributed by atoms with E-state index >= 15 is 0 Å². The lowest BCUT2D eigenvalue weighted by Gasteiger charge is -2.40. The van der Waals surface area contributed by atoms with Crippen LogP contribution in [0.4, 0.5) is 0 Å². The van der Waals surface area contributed by atoms with E-state index < -0.39 is 5.97 Å². The molecule has 0 bridgehead atoms. The maximum absolute atomic E-state index is 11.1. The molecule has 0 aromatic heterocycles. The zero-order valence-corrected chi connectivity index (χ0v) is 10.8. The van der Waals surface area contributed by atoms with Crippen molar-refractivity contribution in [2.24, 2.45) is 11.8 Å². The van der Waals surface area contributed by atoms with E-state index in [2.05, 4.69) is 12.2 Å². The molecule has 0 radical (unpaired) electrons. The Morgan fingerprint density at radius 3 is 2.65 bits per heavy atom. The normalized spacial score (nSPS) is 38.9. The molecule has 3 heteroatoms. The number of aliphatic carboxylic acids is 1. The largest absolute Gasteiger partial charge is 0.480 e. The average molecular weight is 239 g/mol. The van der Waals surface area contributed by atoms with Crippen molar-refractivity contribution in [1.29, 1.82) is 0 Å². The third-order valence-corrected chi connectivity index (χ3v) is 4.73. The Kier molecular flexibility index (Phi) is 4.43. The molecule has 1 heterocycles. The average Bonchev–Trinajstić information content (AvgIpc) is 2.39. The minimum absolute atomic E-state index is 0.298. The minimum atomic E-state index is -0.668. The maximum atomic E-state index is 11.1. The summed E-state index contributed by atoms with van der Waals surface area (Å²) in [6.45, 7) is 2.28. The van der Waals surface area contributed by atoms with Gasteiger partial charge < -0.3 is 10.4 Å². The van der Waals surface area contributed by atoms with Crippen LogP contribution in [0.2, 0.25) is 0 Å². The molecule has 1 aliphatic heterocycles. The minimum Gasteiger partial charge on any atom is -0.480 e. The van der Waals surface area contributed by atoms with Crippen LogP contribution in [-0.2, 0) is 4.79 Å². The van der Waals surface area contributed by atoms with E-state index in [4.69, 9.17) is 5.11 Å². The van der Waals surface area contributed by atoms with Crippen molar-refractivity contribution in [1.82, 2.24) is 5.32 Å². The van der Waals surface area contributed by atoms with Gasteiger partial charge in [-0.1, -0.05) is 32.6 Å². The van der Waals surface area contributed by atoms with Crippen LogP contribution in [0.3, 0.4) is 0 Å². The standard InChI is InChI=1S/C14H25NO2/c1-2-10-6-3-4-7-11(10)12-8-5-9-13(15-12)14(16)17/h10-13,15H,2-9H2,1H3,(H,16,17). The molecule has 0 aromatic rings. The fraction of sp³-hybridized carbons (Fsp3) is 0.929. The van der Waals surface area contributed by atoms with E-state index in [9.17, 15) is 4.79 Å². The molecular formula is C14H25NO2. The lowest BCUT2D eigenvalue weighted by Crippen LogP contribution is -2.51. The molecule has 2 fully saturated rings. The van der Waals surface area contributed by atoms with E-state index in [1.54, 1.807) is 0 Å². The molecule has 1 saturated carbocycles. The Bertz CT molecular complexity index is 267. The van der Waals surface area contributed by atoms with Gasteiger partial charge in [0.15, 0.2) is 0 Å². The Hall–Kier alpha value is -0.570. The molecule has 0 spiro atoms. The van der Waals surface area contributed by atoms with Crippen LogP contribution >= 0.6 is 0 Å². The second-order valence-electron chi connectivity index (χ2n) is 5.71. The van der Waals surface area contributed by atoms with E-state index in [0.717, 1.165) is 24.7 Å². The summed E-state index contributed by atoms with van der Waals surface area (Å²) in [5, 5.41) is 12.5. The molecule has 0 aromatic carbocycles. The second-order valence-corrected chi connectivity index (χ2v) is 5.71. The highest BCUT2D eigenvalue weighted by Gasteiger charge is 2.35. The van der Waals surface area contributed by atoms with Gasteiger partial charge in [0, 0.05) is 6.04 Å². The number of carboxylic acids is 1. The zero-order valence-electron chi connectivity index (χ0n) is 10.8. The molecule has 2 aliphatic rings. The first-order valence-electron chi connectivity index (χ1n) is 7.21. The number of rotatable bonds is 3. The van der Waals surface area contributed by atoms with Crippen molar-refractivity contribution >= 4 is 5.97 Å². The molecule has 4 unspecified atom stereocenters. The van der Waals surface area contributed by atoms with Gasteiger partial charge in [0.2, 0.25) is 0 Å². The van der Waals surface area contributed by atoms with Crippen LogP contribution in [0.15, 0.2) is 0 Å². The van der Waals surface area contributed by atoms with Gasteiger partial charge in [-0.05, 0) is 37.5 Å². The molecule has 3 nitrogen and oxygen atoms in total. The first-order chi connectivity index (χ1) is 8.22. The molecule has 0 amide bonds. The molecule has 17 heavy (non-hydrogen) atoms. The smallest absolute Gasteiger partial charge is 0.320 e. The first-order valence-corrected chi connectivity index (χ1v) is 7.21. The van der Waals surface area contributed by atoms with Gasteiger partial charge in [0.25, 0.3) is 0 Å². The highest BCUT2D eigenvalue weighted by Crippen LogP contribution is 2.37. The summed E-state index contributed by atoms with van der Waals surface area (Å²) < 4.78 is 0. The van der Waals surface area contributed by atoms with Crippen molar-refractivity contribution in [3.05, 3.63) is 0 Å². The Balaban J connectivity index is 1.97. The van der Waals surface area contributed by atoms with Crippen LogP contribution in [0.1, 0.15) is 58.3 Å². The van der Waals surface area contributed by atoms with Crippen LogP contribution < -0.4 is 5.32 Å². The summed E-state index contributed by atoms with van der Waals surface area (Å²) in [6.07, 6.45) is 9.63. The summed E-state index contributed by atoms with van der Waals surface area (Å²) in [5.41, 5.74) is 0. The van der Waals surface area contributed by atoms with Crippen molar-refractivity contribution in [2.45, 2.75) is 70.4 Å². The number of hydrogen-bond donors (Lipinski definition) is 2. The first kappa shape index (κ1) is 12.9. The Morgan fingerprint density at radius 1 is 1.18 bits per heavy atom. The van der Waals surface area contributed by atoms with Crippen molar-refractivity contribution in [2.75, 3.05) is 0 Å². The Morgan fingerprint density at radius 2 is 1.94 bits per heavy atom. The van der Waals surface area contributed by atoms with Gasteiger partial charge in [-0.25, -0.2) is 0 Å². The quantitative estimate of drug-likeness (QED) is 0.796. The second kappa shape index (κ2) is 5.85. The topological polar surface area (TPSA) is 49.3 Å². The van der Waals surface area contributed by atoms with Gasteiger partial charge in [-0.2, -0.15) is 0 Å². The molecular weight excluding hydrogens is 214 g/mol. The monoisotopic (exact) mass is 239 g/mol. The number of piperidine rings is 1. The summed E-state index contributed by atoms with van der Waals surface area (Å²) in [5.74, 6) is 0.864. The molecule has 98 valence electrons. The predicted octanol–water partition coefficient (Wildman–Crippen LogP) is 2.80. The summed E-state index contributed by atoms with van der Waals surface area (Å²) >= 11 is 0. The summed E-state index contributed by atoms with van der Waals surface area (Å²) in [4.78, 5) is 11.1. The highest BCUT2D eigenvalue weighted by molar-refractivity contribution is 5.73. The van der Waals surface area contributed by atoms with Gasteiger partial charge in [0.05, 0.1) is 0 Å². The third kappa shape index (κ3) is 3.01. The van der Waals surface area contributed by atoms with E-state index in [1.807, 2.05) is 0 Å². The SMILES string of the molecule is CCC1CCCCC1C1CCCC(C(=O)O)N1. The van der Waals surface area contributed by atoms with Gasteiger partial charge >= 0.3 is 5.97 Å². The van der Waals surface area contributed by atoms with Gasteiger partial charge in [0.1, 0.15) is 6.04 Å². The van der Waals surface area contributed by atoms with Gasteiger partial charge in [-0.3, -0.25) is 4.79 Å². The van der Waals surface area contributed by atoms with Crippen molar-refractivity contribution < 1.29 is 9.90 Å². The Labute approximate surface area is 104 Å². The van der Waals surface area contributed by atoms with E-state index in [-0.39, 0.29) is 6.04 Å². The molecule has 2 rings (SSSR count). The lowest BCUT2D eigenvalue weighted by molar-refractivity contribution is -0.140. The van der Waals surface area contributed by atoms with Crippen molar-refractivity contribution in [3.8, 4) is 0 Å². The third-order valence-electron chi connectivity index (χ3n) is 4.73. The van der Waals surface area contributed by atoms with Crippen molar-refractivity contribution in [3.63, 3.8) is 0 Å². The zero-order chi connectivity index (χ0) is 12.3. The summed E-state index contributed by atoms with van der Waals surface area (Å²) in [7, 11) is 0. The predicted molar refractivity (Wildman–Crippen MR) is 67.9 cm³/mol. The molecule has 1 saturated heterocycles. The molecule has 1 aliphatic carbocycles. The fourth-order valence-electron chi connectivity index (χ4n) is 3.77. The lowest BCUT2D eigenvalue weighted by atomic mass is 9.72. The maximum Gasteiger partial charge on any atom is 0.320 e. The van der Waals surface area contributed by atoms with Crippen LogP contribution in [0.25, 0.3) is 0 Å². The number of nitrogens with one attached hydrogen (secondary N) is 1. The van der Waals surface area contributed by atoms with Crippen LogP contribution in [0.5, 0.6) is 0 Å². The number of carboxylic acid groups (broad SMARTS) is 1. The van der Waals surface area contributed by atoms with Crippen LogP contribution in [0, 0.1) is 11.8 Å². The van der Waals surface area contributed by atoms with E-state index in [0.29, 0.717) is 6.04 Å². The molecule has 4 atom stereocenters. The van der Waals surface area contributed by atoms with Gasteiger partial charge in [-0.15, -0.1) is 0 Å². The fourth-order valence-corrected chi connectivity index (χ4v) is 3.77. The highest BCUT2D eigenvalue weighted by atomic mass is 16.4. The molecule has 2 N–H and O–H groups in total. The number of hydrogen-bond acceptors (Lipinski definition) is 2.